The maximum Gasteiger partial charge on any atom is 0.319 e. The number of nitrogens with zero attached hydrogens (tertiary/aromatic N) is 3. The van der Waals surface area contributed by atoms with Gasteiger partial charge in [-0.25, -0.2) is 9.78 Å². The Morgan fingerprint density at radius 3 is 2.44 bits per heavy atom. The van der Waals surface area contributed by atoms with Crippen LogP contribution in [0.5, 0.6) is 0 Å². The van der Waals surface area contributed by atoms with E-state index in [2.05, 4.69) is 20.5 Å². The Balaban J connectivity index is 1.27. The van der Waals surface area contributed by atoms with Gasteiger partial charge in [0.05, 0.1) is 17.8 Å². The Kier molecular flexibility index (Phi) is 7.29. The van der Waals surface area contributed by atoms with E-state index in [0.29, 0.717) is 30.0 Å². The number of nitrogens with one attached hydrogen (secondary N) is 2. The van der Waals surface area contributed by atoms with Gasteiger partial charge in [0.25, 0.3) is 0 Å². The van der Waals surface area contributed by atoms with Gasteiger partial charge in [0.1, 0.15) is 0 Å². The van der Waals surface area contributed by atoms with E-state index in [1.54, 1.807) is 35.2 Å². The maximum absolute atomic E-state index is 12.5. The Hall–Kier alpha value is -4.04. The summed E-state index contributed by atoms with van der Waals surface area (Å²) in [5, 5.41) is 6.31. The average Bonchev–Trinajstić information content (AvgIpc) is 2.86. The molecule has 1 aromatic heterocycles. The number of urea groups is 1. The third-order valence-electron chi connectivity index (χ3n) is 5.71. The number of aromatic nitrogens is 1. The lowest BCUT2D eigenvalue weighted by Crippen LogP contribution is -2.50. The monoisotopic (exact) mass is 457 g/mol. The Morgan fingerprint density at radius 2 is 1.68 bits per heavy atom. The highest BCUT2D eigenvalue weighted by atomic mass is 16.2. The third kappa shape index (κ3) is 6.05. The topological polar surface area (TPSA) is 94.6 Å². The highest BCUT2D eigenvalue weighted by Crippen LogP contribution is 2.14. The quantitative estimate of drug-likeness (QED) is 0.438. The highest BCUT2D eigenvalue weighted by molar-refractivity contribution is 6.07. The number of amides is 3. The number of allylic oxidation sites excluding steroid dienone is 1. The SMILES string of the molecule is CN1CCN(C(=O)CNC(=O)Nc2ccc(C(=O)C=Cc3ccc4ccccc4n3)cc2)CC1. The zero-order valence-corrected chi connectivity index (χ0v) is 19.0. The predicted octanol–water partition coefficient (Wildman–Crippen LogP) is 3.03. The molecule has 8 heteroatoms. The first kappa shape index (κ1) is 23.1. The summed E-state index contributed by atoms with van der Waals surface area (Å²) in [6, 6.07) is 17.8. The van der Waals surface area contributed by atoms with E-state index in [1.165, 1.54) is 6.08 Å². The van der Waals surface area contributed by atoms with E-state index in [4.69, 9.17) is 0 Å². The number of benzene rings is 2. The number of carbonyl (C=O) groups is 3. The van der Waals surface area contributed by atoms with E-state index < -0.39 is 6.03 Å². The van der Waals surface area contributed by atoms with Gasteiger partial charge in [-0.15, -0.1) is 0 Å². The van der Waals surface area contributed by atoms with Crippen LogP contribution >= 0.6 is 0 Å². The lowest BCUT2D eigenvalue weighted by atomic mass is 10.1. The van der Waals surface area contributed by atoms with Crippen LogP contribution in [0, 0.1) is 0 Å². The van der Waals surface area contributed by atoms with E-state index in [9.17, 15) is 14.4 Å². The molecule has 1 aliphatic rings. The summed E-state index contributed by atoms with van der Waals surface area (Å²) in [6.45, 7) is 2.94. The van der Waals surface area contributed by atoms with Gasteiger partial charge in [-0.1, -0.05) is 24.3 Å². The van der Waals surface area contributed by atoms with Crippen LogP contribution in [0.3, 0.4) is 0 Å². The molecule has 34 heavy (non-hydrogen) atoms. The number of hydrogen-bond acceptors (Lipinski definition) is 5. The van der Waals surface area contributed by atoms with Crippen molar-refractivity contribution in [1.82, 2.24) is 20.1 Å². The standard InChI is InChI=1S/C26H27N5O3/c1-30-14-16-31(17-15-30)25(33)18-27-26(34)29-22-10-7-20(8-11-22)24(32)13-12-21-9-6-19-4-2-3-5-23(19)28-21/h2-13H,14-18H2,1H3,(H2,27,29,34). The molecule has 4 rings (SSSR count). The number of para-hydroxylation sites is 1. The van der Waals surface area contributed by atoms with Crippen molar-refractivity contribution in [2.24, 2.45) is 0 Å². The molecule has 1 fully saturated rings. The number of ketones is 1. The molecule has 174 valence electrons. The molecule has 2 N–H and O–H groups in total. The zero-order valence-electron chi connectivity index (χ0n) is 19.0. The van der Waals surface area contributed by atoms with Gasteiger partial charge in [0.2, 0.25) is 5.91 Å². The van der Waals surface area contributed by atoms with Gasteiger partial charge in [-0.2, -0.15) is 0 Å². The minimum atomic E-state index is -0.469. The number of hydrogen-bond donors (Lipinski definition) is 2. The van der Waals surface area contributed by atoms with Crippen molar-refractivity contribution >= 4 is 40.4 Å². The molecule has 2 aromatic carbocycles. The molecule has 0 aliphatic carbocycles. The van der Waals surface area contributed by atoms with Crippen molar-refractivity contribution in [2.75, 3.05) is 45.1 Å². The number of carbonyl (C=O) groups excluding carboxylic acids is 3. The van der Waals surface area contributed by atoms with Crippen LogP contribution < -0.4 is 10.6 Å². The highest BCUT2D eigenvalue weighted by Gasteiger charge is 2.19. The van der Waals surface area contributed by atoms with Crippen molar-refractivity contribution < 1.29 is 14.4 Å². The average molecular weight is 458 g/mol. The lowest BCUT2D eigenvalue weighted by Gasteiger charge is -2.32. The predicted molar refractivity (Wildman–Crippen MR) is 133 cm³/mol. The number of piperazine rings is 1. The molecule has 1 saturated heterocycles. The number of pyridine rings is 1. The number of likely N-dealkylation sites (N-methyl/N-ethyl adjacent to an activating group) is 1. The summed E-state index contributed by atoms with van der Waals surface area (Å²) in [6.07, 6.45) is 3.17. The minimum absolute atomic E-state index is 0.0558. The molecular formula is C26H27N5O3. The number of rotatable bonds is 6. The molecule has 0 radical (unpaired) electrons. The molecule has 3 aromatic rings. The summed E-state index contributed by atoms with van der Waals surface area (Å²) < 4.78 is 0. The first-order chi connectivity index (χ1) is 16.5. The Morgan fingerprint density at radius 1 is 0.941 bits per heavy atom. The molecule has 0 unspecified atom stereocenters. The van der Waals surface area contributed by atoms with Gasteiger partial charge < -0.3 is 20.4 Å². The van der Waals surface area contributed by atoms with Crippen molar-refractivity contribution in [1.29, 1.82) is 0 Å². The Labute approximate surface area is 198 Å². The smallest absolute Gasteiger partial charge is 0.319 e. The second kappa shape index (κ2) is 10.7. The maximum atomic E-state index is 12.5. The summed E-state index contributed by atoms with van der Waals surface area (Å²) in [4.78, 5) is 45.3. The zero-order chi connectivity index (χ0) is 23.9. The molecule has 0 atom stereocenters. The summed E-state index contributed by atoms with van der Waals surface area (Å²) in [7, 11) is 2.02. The Bertz CT molecular complexity index is 1210. The minimum Gasteiger partial charge on any atom is -0.339 e. The van der Waals surface area contributed by atoms with Crippen molar-refractivity contribution in [3.8, 4) is 0 Å². The molecule has 0 saturated carbocycles. The van der Waals surface area contributed by atoms with Gasteiger partial charge >= 0.3 is 6.03 Å². The first-order valence-corrected chi connectivity index (χ1v) is 11.2. The van der Waals surface area contributed by atoms with Crippen LogP contribution in [0.25, 0.3) is 17.0 Å². The summed E-state index contributed by atoms with van der Waals surface area (Å²) in [5.74, 6) is -0.263. The molecule has 2 heterocycles. The molecule has 3 amide bonds. The fourth-order valence-electron chi connectivity index (χ4n) is 3.65. The van der Waals surface area contributed by atoms with Gasteiger partial charge in [-0.05, 0) is 55.6 Å². The van der Waals surface area contributed by atoms with E-state index in [0.717, 1.165) is 24.0 Å². The van der Waals surface area contributed by atoms with E-state index in [1.807, 2.05) is 43.4 Å². The van der Waals surface area contributed by atoms with Crippen LogP contribution in [-0.2, 0) is 4.79 Å². The summed E-state index contributed by atoms with van der Waals surface area (Å²) in [5.41, 5.74) is 2.60. The molecule has 1 aliphatic heterocycles. The number of anilines is 1. The molecule has 0 spiro atoms. The van der Waals surface area contributed by atoms with Gasteiger partial charge in [0, 0.05) is 42.8 Å². The number of fused-ring (bicyclic) bond motifs is 1. The lowest BCUT2D eigenvalue weighted by molar-refractivity contribution is -0.131. The second-order valence-electron chi connectivity index (χ2n) is 8.20. The summed E-state index contributed by atoms with van der Waals surface area (Å²) >= 11 is 0. The molecule has 0 bridgehead atoms. The van der Waals surface area contributed by atoms with Crippen LogP contribution in [-0.4, -0.2) is 72.3 Å². The van der Waals surface area contributed by atoms with Crippen LogP contribution in [0.4, 0.5) is 10.5 Å². The van der Waals surface area contributed by atoms with Crippen LogP contribution in [0.2, 0.25) is 0 Å². The molecule has 8 nitrogen and oxygen atoms in total. The van der Waals surface area contributed by atoms with Gasteiger partial charge in [0.15, 0.2) is 5.78 Å². The normalized spacial score (nSPS) is 14.3. The van der Waals surface area contributed by atoms with Crippen molar-refractivity contribution in [2.45, 2.75) is 0 Å². The molecular weight excluding hydrogens is 430 g/mol. The fourth-order valence-corrected chi connectivity index (χ4v) is 3.65. The van der Waals surface area contributed by atoms with Crippen LogP contribution in [0.15, 0.2) is 66.7 Å². The fraction of sp³-hybridized carbons (Fsp3) is 0.231. The van der Waals surface area contributed by atoms with Crippen molar-refractivity contribution in [3.05, 3.63) is 78.0 Å². The van der Waals surface area contributed by atoms with E-state index >= 15 is 0 Å². The second-order valence-corrected chi connectivity index (χ2v) is 8.20. The first-order valence-electron chi connectivity index (χ1n) is 11.2. The largest absolute Gasteiger partial charge is 0.339 e. The van der Waals surface area contributed by atoms with Crippen molar-refractivity contribution in [3.63, 3.8) is 0 Å². The van der Waals surface area contributed by atoms with E-state index in [-0.39, 0.29) is 18.2 Å². The van der Waals surface area contributed by atoms with Gasteiger partial charge in [-0.3, -0.25) is 9.59 Å². The third-order valence-corrected chi connectivity index (χ3v) is 5.71. The van der Waals surface area contributed by atoms with Crippen LogP contribution in [0.1, 0.15) is 16.1 Å².